The molecule has 0 saturated heterocycles. The van der Waals surface area contributed by atoms with Crippen molar-refractivity contribution in [3.8, 4) is 0 Å². The van der Waals surface area contributed by atoms with Gasteiger partial charge in [-0.05, 0) is 19.3 Å². The summed E-state index contributed by atoms with van der Waals surface area (Å²) in [6, 6.07) is 0. The maximum absolute atomic E-state index is 12.5. The van der Waals surface area contributed by atoms with Gasteiger partial charge in [-0.25, -0.2) is 0 Å². The van der Waals surface area contributed by atoms with E-state index in [4.69, 9.17) is 0 Å². The van der Waals surface area contributed by atoms with Gasteiger partial charge in [0.25, 0.3) is 11.8 Å². The highest BCUT2D eigenvalue weighted by Crippen LogP contribution is 2.36. The van der Waals surface area contributed by atoms with E-state index in [2.05, 4.69) is 0 Å². The first-order chi connectivity index (χ1) is 11.0. The maximum atomic E-state index is 12.5. The van der Waals surface area contributed by atoms with Gasteiger partial charge in [0, 0.05) is 13.1 Å². The molecule has 0 atom stereocenters. The van der Waals surface area contributed by atoms with Gasteiger partial charge in [-0.3, -0.25) is 9.59 Å². The number of unbranched alkanes of at least 4 members (excludes halogenated alkanes) is 2. The third-order valence-corrected chi connectivity index (χ3v) is 2.71. The summed E-state index contributed by atoms with van der Waals surface area (Å²) in [4.78, 5) is 21.3. The lowest BCUT2D eigenvalue weighted by atomic mass is 10.2. The molecule has 0 fully saturated rings. The van der Waals surface area contributed by atoms with Crippen LogP contribution in [-0.4, -0.2) is 49.1 Å². The first-order valence-electron chi connectivity index (χ1n) is 6.51. The zero-order chi connectivity index (χ0) is 20.1. The van der Waals surface area contributed by atoms with E-state index in [9.17, 15) is 53.5 Å². The van der Waals surface area contributed by atoms with Gasteiger partial charge in [-0.2, -0.15) is 43.9 Å². The van der Waals surface area contributed by atoms with Crippen molar-refractivity contribution in [3.63, 3.8) is 0 Å². The summed E-state index contributed by atoms with van der Waals surface area (Å²) in [5.41, 5.74) is 0. The number of hydrogen-bond acceptors (Lipinski definition) is 2. The Labute approximate surface area is 133 Å². The molecule has 0 aliphatic rings. The van der Waals surface area contributed by atoms with Crippen molar-refractivity contribution in [1.82, 2.24) is 10.6 Å². The molecule has 14 heteroatoms. The number of amides is 2. The molecule has 25 heavy (non-hydrogen) atoms. The lowest BCUT2D eigenvalue weighted by Crippen LogP contribution is -2.50. The molecular weight excluding hydrogens is 382 g/mol. The minimum absolute atomic E-state index is 0.0598. The molecule has 148 valence electrons. The molecule has 0 spiro atoms. The van der Waals surface area contributed by atoms with Crippen LogP contribution in [0, 0.1) is 0 Å². The van der Waals surface area contributed by atoms with E-state index >= 15 is 0 Å². The third-order valence-electron chi connectivity index (χ3n) is 2.71. The Morgan fingerprint density at radius 1 is 0.560 bits per heavy atom. The molecule has 0 aliphatic heterocycles. The van der Waals surface area contributed by atoms with Crippen molar-refractivity contribution in [2.45, 2.75) is 43.5 Å². The molecule has 0 aromatic rings. The molecule has 0 bridgehead atoms. The Balaban J connectivity index is 4.03. The van der Waals surface area contributed by atoms with Crippen molar-refractivity contribution in [2.75, 3.05) is 13.1 Å². The molecule has 2 N–H and O–H groups in total. The Hall–Kier alpha value is -1.76. The van der Waals surface area contributed by atoms with Gasteiger partial charge in [0.05, 0.1) is 0 Å². The Bertz CT molecular complexity index is 430. The number of carbonyl (C=O) groups is 2. The smallest absolute Gasteiger partial charge is 0.351 e. The molecule has 0 unspecified atom stereocenters. The minimum Gasteiger partial charge on any atom is -0.351 e. The second-order valence-electron chi connectivity index (χ2n) is 4.72. The van der Waals surface area contributed by atoms with E-state index in [0.717, 1.165) is 0 Å². The highest BCUT2D eigenvalue weighted by atomic mass is 19.4. The number of halogens is 10. The van der Waals surface area contributed by atoms with E-state index in [1.807, 2.05) is 0 Å². The number of alkyl halides is 10. The van der Waals surface area contributed by atoms with Crippen LogP contribution in [0.1, 0.15) is 19.3 Å². The summed E-state index contributed by atoms with van der Waals surface area (Å²) in [5, 5.41) is 2.62. The molecule has 0 aromatic carbocycles. The van der Waals surface area contributed by atoms with Crippen LogP contribution in [0.4, 0.5) is 43.9 Å². The van der Waals surface area contributed by atoms with Crippen molar-refractivity contribution < 1.29 is 53.5 Å². The zero-order valence-corrected chi connectivity index (χ0v) is 12.1. The van der Waals surface area contributed by atoms with Crippen LogP contribution in [0.25, 0.3) is 0 Å². The Morgan fingerprint density at radius 2 is 0.840 bits per heavy atom. The topological polar surface area (TPSA) is 58.2 Å². The SMILES string of the molecule is O=C(NCCCCCNC(=O)C(F)(F)C(F)(F)F)C(F)(F)C(F)(F)F. The Morgan fingerprint density at radius 3 is 1.08 bits per heavy atom. The summed E-state index contributed by atoms with van der Waals surface area (Å²) >= 11 is 0. The van der Waals surface area contributed by atoms with Crippen LogP contribution in [0.3, 0.4) is 0 Å². The van der Waals surface area contributed by atoms with Gasteiger partial charge in [0.15, 0.2) is 0 Å². The lowest BCUT2D eigenvalue weighted by Gasteiger charge is -2.19. The van der Waals surface area contributed by atoms with Gasteiger partial charge < -0.3 is 10.6 Å². The standard InChI is InChI=1S/C11H12F10N2O2/c12-8(13,10(16,17)18)6(24)22-4-2-1-3-5-23-7(25)9(14,15)11(19,20)21/h1-5H2,(H,22,24)(H,23,25). The first kappa shape index (κ1) is 23.2. The van der Waals surface area contributed by atoms with E-state index in [0.29, 0.717) is 0 Å². The lowest BCUT2D eigenvalue weighted by molar-refractivity contribution is -0.270. The predicted octanol–water partition coefficient (Wildman–Crippen LogP) is 2.78. The van der Waals surface area contributed by atoms with Gasteiger partial charge in [0.2, 0.25) is 0 Å². The average Bonchev–Trinajstić information content (AvgIpc) is 2.43. The molecule has 0 rings (SSSR count). The Kier molecular flexibility index (Phi) is 7.51. The summed E-state index contributed by atoms with van der Waals surface area (Å²) < 4.78 is 121. The minimum atomic E-state index is -6.06. The quantitative estimate of drug-likeness (QED) is 0.492. The van der Waals surface area contributed by atoms with Gasteiger partial charge >= 0.3 is 24.2 Å². The number of carbonyl (C=O) groups excluding carboxylic acids is 2. The van der Waals surface area contributed by atoms with Gasteiger partial charge in [-0.15, -0.1) is 0 Å². The molecule has 0 radical (unpaired) electrons. The van der Waals surface area contributed by atoms with Crippen LogP contribution in [-0.2, 0) is 9.59 Å². The molecule has 0 heterocycles. The number of rotatable bonds is 8. The molecule has 2 amide bonds. The third kappa shape index (κ3) is 6.23. The van der Waals surface area contributed by atoms with Crippen LogP contribution in [0.5, 0.6) is 0 Å². The number of hydrogen-bond donors (Lipinski definition) is 2. The fourth-order valence-corrected chi connectivity index (χ4v) is 1.31. The fourth-order valence-electron chi connectivity index (χ4n) is 1.31. The summed E-state index contributed by atoms with van der Waals surface area (Å²) in [6.07, 6.45) is -12.5. The second-order valence-corrected chi connectivity index (χ2v) is 4.72. The first-order valence-corrected chi connectivity index (χ1v) is 6.51. The molecule has 0 saturated carbocycles. The molecule has 0 aliphatic carbocycles. The average molecular weight is 394 g/mol. The van der Waals surface area contributed by atoms with Crippen molar-refractivity contribution >= 4 is 11.8 Å². The van der Waals surface area contributed by atoms with Crippen molar-refractivity contribution in [1.29, 1.82) is 0 Å². The second kappa shape index (κ2) is 8.08. The summed E-state index contributed by atoms with van der Waals surface area (Å²) in [6.45, 7) is -1.23. The van der Waals surface area contributed by atoms with E-state index in [1.165, 1.54) is 10.6 Å². The van der Waals surface area contributed by atoms with Crippen LogP contribution >= 0.6 is 0 Å². The zero-order valence-electron chi connectivity index (χ0n) is 12.1. The van der Waals surface area contributed by atoms with Crippen molar-refractivity contribution in [3.05, 3.63) is 0 Å². The van der Waals surface area contributed by atoms with Gasteiger partial charge in [0.1, 0.15) is 0 Å². The molecular formula is C11H12F10N2O2. The van der Waals surface area contributed by atoms with Crippen LogP contribution < -0.4 is 10.6 Å². The van der Waals surface area contributed by atoms with Gasteiger partial charge in [-0.1, -0.05) is 0 Å². The molecule has 4 nitrogen and oxygen atoms in total. The summed E-state index contributed by atoms with van der Waals surface area (Å²) in [7, 11) is 0. The van der Waals surface area contributed by atoms with Crippen LogP contribution in [0.2, 0.25) is 0 Å². The van der Waals surface area contributed by atoms with Crippen LogP contribution in [0.15, 0.2) is 0 Å². The monoisotopic (exact) mass is 394 g/mol. The predicted molar refractivity (Wildman–Crippen MR) is 61.9 cm³/mol. The van der Waals surface area contributed by atoms with E-state index in [1.54, 1.807) is 0 Å². The highest BCUT2D eigenvalue weighted by Gasteiger charge is 2.64. The van der Waals surface area contributed by atoms with Crippen molar-refractivity contribution in [2.24, 2.45) is 0 Å². The van der Waals surface area contributed by atoms with E-state index in [-0.39, 0.29) is 19.3 Å². The maximum Gasteiger partial charge on any atom is 0.463 e. The van der Waals surface area contributed by atoms with E-state index < -0.39 is 49.1 Å². The summed E-state index contributed by atoms with van der Waals surface area (Å²) in [5.74, 6) is -16.3. The fraction of sp³-hybridized carbons (Fsp3) is 0.818. The largest absolute Gasteiger partial charge is 0.463 e. The molecule has 0 aromatic heterocycles. The number of nitrogens with one attached hydrogen (secondary N) is 2. The highest BCUT2D eigenvalue weighted by molar-refractivity contribution is 5.84. The normalized spacial score (nSPS) is 13.5.